The van der Waals surface area contributed by atoms with Crippen molar-refractivity contribution in [2.75, 3.05) is 6.54 Å². The third-order valence-corrected chi connectivity index (χ3v) is 8.44. The Hall–Kier alpha value is -1.40. The van der Waals surface area contributed by atoms with E-state index in [-0.39, 0.29) is 23.5 Å². The molecule has 1 aliphatic heterocycles. The van der Waals surface area contributed by atoms with Gasteiger partial charge in [-0.2, -0.15) is 0 Å². The Bertz CT molecular complexity index is 723. The summed E-state index contributed by atoms with van der Waals surface area (Å²) < 4.78 is 0. The van der Waals surface area contributed by atoms with Gasteiger partial charge in [-0.05, 0) is 86.6 Å². The summed E-state index contributed by atoms with van der Waals surface area (Å²) >= 11 is 1.80. The van der Waals surface area contributed by atoms with Gasteiger partial charge in [0.1, 0.15) is 0 Å². The number of nitrogens with zero attached hydrogens (tertiary/aromatic N) is 1. The van der Waals surface area contributed by atoms with Gasteiger partial charge in [-0.15, -0.1) is 11.3 Å². The maximum Gasteiger partial charge on any atom is 0.321 e. The predicted octanol–water partition coefficient (Wildman–Crippen LogP) is 3.29. The molecule has 1 unspecified atom stereocenters. The first-order valence-electron chi connectivity index (χ1n) is 10.4. The van der Waals surface area contributed by atoms with Gasteiger partial charge in [-0.1, -0.05) is 0 Å². The van der Waals surface area contributed by atoms with Gasteiger partial charge in [0.2, 0.25) is 5.91 Å². The Kier molecular flexibility index (Phi) is 4.32. The van der Waals surface area contributed by atoms with Crippen molar-refractivity contribution in [3.8, 4) is 0 Å². The van der Waals surface area contributed by atoms with Crippen molar-refractivity contribution in [2.45, 2.75) is 70.0 Å². The highest BCUT2D eigenvalue weighted by Gasteiger charge is 2.51. The predicted molar refractivity (Wildman–Crippen MR) is 105 cm³/mol. The third-order valence-electron chi connectivity index (χ3n) is 7.42. The second-order valence-corrected chi connectivity index (χ2v) is 10.4. The number of hydrogen-bond donors (Lipinski definition) is 2. The van der Waals surface area contributed by atoms with Crippen LogP contribution in [0.5, 0.6) is 0 Å². The molecule has 27 heavy (non-hydrogen) atoms. The first kappa shape index (κ1) is 17.7. The largest absolute Gasteiger partial charge is 0.332 e. The summed E-state index contributed by atoms with van der Waals surface area (Å²) in [4.78, 5) is 28.9. The molecule has 6 heteroatoms. The van der Waals surface area contributed by atoms with Gasteiger partial charge in [0, 0.05) is 23.5 Å². The minimum Gasteiger partial charge on any atom is -0.332 e. The van der Waals surface area contributed by atoms with E-state index in [0.29, 0.717) is 0 Å². The number of carbonyl (C=O) groups excluding carboxylic acids is 2. The van der Waals surface area contributed by atoms with Crippen molar-refractivity contribution in [2.24, 2.45) is 17.8 Å². The lowest BCUT2D eigenvalue weighted by Gasteiger charge is -2.56. The van der Waals surface area contributed by atoms with E-state index in [4.69, 9.17) is 0 Å². The molecule has 0 spiro atoms. The van der Waals surface area contributed by atoms with Gasteiger partial charge in [0.25, 0.3) is 0 Å². The normalized spacial score (nSPS) is 35.5. The smallest absolute Gasteiger partial charge is 0.321 e. The van der Waals surface area contributed by atoms with E-state index < -0.39 is 0 Å². The van der Waals surface area contributed by atoms with E-state index in [1.165, 1.54) is 29.7 Å². The van der Waals surface area contributed by atoms with Gasteiger partial charge < -0.3 is 5.32 Å². The van der Waals surface area contributed by atoms with Crippen LogP contribution in [0, 0.1) is 17.8 Å². The highest BCUT2D eigenvalue weighted by molar-refractivity contribution is 7.10. The average molecular weight is 388 g/mol. The van der Waals surface area contributed by atoms with Crippen LogP contribution in [0.25, 0.3) is 0 Å². The van der Waals surface area contributed by atoms with Crippen molar-refractivity contribution in [3.63, 3.8) is 0 Å². The van der Waals surface area contributed by atoms with Gasteiger partial charge in [-0.3, -0.25) is 15.0 Å². The number of nitrogens with one attached hydrogen (secondary N) is 2. The molecule has 5 nitrogen and oxygen atoms in total. The second kappa shape index (κ2) is 6.59. The molecule has 0 radical (unpaired) electrons. The summed E-state index contributed by atoms with van der Waals surface area (Å²) in [5, 5.41) is 8.00. The van der Waals surface area contributed by atoms with E-state index in [1.807, 2.05) is 6.92 Å². The van der Waals surface area contributed by atoms with Crippen LogP contribution in [0.1, 0.15) is 55.9 Å². The molecule has 4 fully saturated rings. The van der Waals surface area contributed by atoms with Gasteiger partial charge in [0.05, 0.1) is 6.04 Å². The molecular weight excluding hydrogens is 358 g/mol. The molecule has 4 bridgehead atoms. The highest BCUT2D eigenvalue weighted by atomic mass is 32.1. The van der Waals surface area contributed by atoms with Crippen molar-refractivity contribution < 1.29 is 9.59 Å². The number of thiophene rings is 1. The van der Waals surface area contributed by atoms with Crippen LogP contribution in [-0.4, -0.2) is 35.0 Å². The van der Waals surface area contributed by atoms with Crippen molar-refractivity contribution >= 4 is 23.3 Å². The molecule has 1 aromatic heterocycles. The Labute approximate surface area is 164 Å². The number of hydrogen-bond acceptors (Lipinski definition) is 4. The second-order valence-electron chi connectivity index (χ2n) is 9.41. The first-order valence-corrected chi connectivity index (χ1v) is 11.3. The molecule has 146 valence electrons. The minimum atomic E-state index is -0.292. The first-order chi connectivity index (χ1) is 13.0. The molecule has 0 saturated heterocycles. The Morgan fingerprint density at radius 1 is 1.19 bits per heavy atom. The third kappa shape index (κ3) is 3.31. The lowest BCUT2D eigenvalue weighted by molar-refractivity contribution is -0.125. The SMILES string of the molecule is CC(C(=O)NC(=O)NC12CC3CC(CC(C3)C1)C2)N1CCc2sccc2C1. The zero-order chi connectivity index (χ0) is 18.6. The average Bonchev–Trinajstić information content (AvgIpc) is 3.06. The summed E-state index contributed by atoms with van der Waals surface area (Å²) in [7, 11) is 0. The fourth-order valence-corrected chi connectivity index (χ4v) is 7.41. The van der Waals surface area contributed by atoms with Crippen molar-refractivity contribution in [1.82, 2.24) is 15.5 Å². The van der Waals surface area contributed by atoms with E-state index >= 15 is 0 Å². The van der Waals surface area contributed by atoms with Crippen molar-refractivity contribution in [1.29, 1.82) is 0 Å². The highest BCUT2D eigenvalue weighted by Crippen LogP contribution is 2.55. The maximum atomic E-state index is 12.7. The zero-order valence-corrected chi connectivity index (χ0v) is 16.8. The number of rotatable bonds is 3. The number of amides is 3. The van der Waals surface area contributed by atoms with E-state index in [9.17, 15) is 9.59 Å². The summed E-state index contributed by atoms with van der Waals surface area (Å²) in [6, 6.07) is 1.57. The molecule has 6 rings (SSSR count). The quantitative estimate of drug-likeness (QED) is 0.837. The summed E-state index contributed by atoms with van der Waals surface area (Å²) in [5.41, 5.74) is 1.27. The fraction of sp³-hybridized carbons (Fsp3) is 0.714. The van der Waals surface area contributed by atoms with Crippen molar-refractivity contribution in [3.05, 3.63) is 21.9 Å². The van der Waals surface area contributed by atoms with Crippen LogP contribution in [-0.2, 0) is 17.8 Å². The number of urea groups is 1. The molecule has 4 saturated carbocycles. The molecule has 3 amide bonds. The molecule has 2 N–H and O–H groups in total. The molecule has 4 aliphatic carbocycles. The Morgan fingerprint density at radius 2 is 1.85 bits per heavy atom. The molecule has 5 aliphatic rings. The molecule has 2 heterocycles. The van der Waals surface area contributed by atoms with Gasteiger partial charge in [0.15, 0.2) is 0 Å². The molecule has 1 aromatic rings. The van der Waals surface area contributed by atoms with Crippen LogP contribution in [0.2, 0.25) is 0 Å². The van der Waals surface area contributed by atoms with Crippen LogP contribution < -0.4 is 10.6 Å². The van der Waals surface area contributed by atoms with Crippen LogP contribution in [0.15, 0.2) is 11.4 Å². The van der Waals surface area contributed by atoms with Gasteiger partial charge >= 0.3 is 6.03 Å². The molecule has 0 aromatic carbocycles. The molecule has 1 atom stereocenters. The minimum absolute atomic E-state index is 0.0565. The zero-order valence-electron chi connectivity index (χ0n) is 16.0. The monoisotopic (exact) mass is 387 g/mol. The number of imide groups is 1. The van der Waals surface area contributed by atoms with Crippen LogP contribution in [0.4, 0.5) is 4.79 Å². The van der Waals surface area contributed by atoms with E-state index in [2.05, 4.69) is 27.0 Å². The molecular formula is C21H29N3O2S. The Morgan fingerprint density at radius 3 is 2.52 bits per heavy atom. The lowest BCUT2D eigenvalue weighted by atomic mass is 9.53. The standard InChI is InChI=1S/C21H29N3O2S/c1-13(24-4-2-18-17(12-24)3-5-27-18)19(25)22-20(26)23-21-9-14-6-15(10-21)8-16(7-14)11-21/h3,5,13-16H,2,4,6-12H2,1H3,(H2,22,23,25,26). The lowest BCUT2D eigenvalue weighted by Crippen LogP contribution is -2.62. The summed E-state index contributed by atoms with van der Waals surface area (Å²) in [6.45, 7) is 3.58. The van der Waals surface area contributed by atoms with Gasteiger partial charge in [-0.25, -0.2) is 4.79 Å². The summed E-state index contributed by atoms with van der Waals surface area (Å²) in [5.74, 6) is 2.15. The Balaban J connectivity index is 1.18. The maximum absolute atomic E-state index is 12.7. The van der Waals surface area contributed by atoms with E-state index in [0.717, 1.165) is 56.5 Å². The topological polar surface area (TPSA) is 61.4 Å². The van der Waals surface area contributed by atoms with Crippen LogP contribution in [0.3, 0.4) is 0 Å². The fourth-order valence-electron chi connectivity index (χ4n) is 6.52. The summed E-state index contributed by atoms with van der Waals surface area (Å²) in [6.07, 6.45) is 8.33. The van der Waals surface area contributed by atoms with Crippen LogP contribution >= 0.6 is 11.3 Å². The number of carbonyl (C=O) groups is 2. The number of fused-ring (bicyclic) bond motifs is 1. The van der Waals surface area contributed by atoms with E-state index in [1.54, 1.807) is 11.3 Å².